The van der Waals surface area contributed by atoms with Gasteiger partial charge in [-0.05, 0) is 17.8 Å². The summed E-state index contributed by atoms with van der Waals surface area (Å²) in [5, 5.41) is 3.59. The van der Waals surface area contributed by atoms with E-state index in [1.807, 2.05) is 6.92 Å². The van der Waals surface area contributed by atoms with E-state index in [4.69, 9.17) is 5.84 Å². The summed E-state index contributed by atoms with van der Waals surface area (Å²) in [5.41, 5.74) is 4.17. The minimum atomic E-state index is 0.263. The first-order valence-corrected chi connectivity index (χ1v) is 7.24. The van der Waals surface area contributed by atoms with Crippen molar-refractivity contribution in [3.63, 3.8) is 0 Å². The third-order valence-electron chi connectivity index (χ3n) is 5.12. The van der Waals surface area contributed by atoms with Gasteiger partial charge in [-0.25, -0.2) is 15.8 Å². The molecule has 0 aliphatic heterocycles. The van der Waals surface area contributed by atoms with E-state index in [1.165, 1.54) is 0 Å². The number of hydrogen-bond donors (Lipinski definition) is 3. The Bertz CT molecular complexity index is 505. The summed E-state index contributed by atoms with van der Waals surface area (Å²) in [5.74, 6) is 8.23. The molecule has 0 aromatic carbocycles. The van der Waals surface area contributed by atoms with E-state index in [2.05, 4.69) is 62.3 Å². The maximum atomic E-state index is 5.57. The maximum absolute atomic E-state index is 5.57. The molecule has 4 N–H and O–H groups in total. The Labute approximate surface area is 121 Å². The van der Waals surface area contributed by atoms with E-state index in [-0.39, 0.29) is 16.7 Å². The molecule has 1 aromatic heterocycles. The van der Waals surface area contributed by atoms with Crippen molar-refractivity contribution in [2.45, 2.75) is 60.4 Å². The standard InChI is InChI=1S/C15H27N5/c1-8(2)10-17-11(9(3)12(18-10)20-16)19-13-14(4,5)15(13,6)7/h8,13H,16H2,1-7H3,(H2,17,18,19,20). The lowest BCUT2D eigenvalue weighted by atomic mass is 10.0. The number of nitrogen functional groups attached to an aromatic ring is 1. The van der Waals surface area contributed by atoms with Gasteiger partial charge in [-0.15, -0.1) is 0 Å². The van der Waals surface area contributed by atoms with Gasteiger partial charge in [0, 0.05) is 17.5 Å². The van der Waals surface area contributed by atoms with Gasteiger partial charge in [0.2, 0.25) is 0 Å². The van der Waals surface area contributed by atoms with Crippen molar-refractivity contribution in [3.8, 4) is 0 Å². The molecule has 0 unspecified atom stereocenters. The number of nitrogens with one attached hydrogen (secondary N) is 2. The smallest absolute Gasteiger partial charge is 0.148 e. The van der Waals surface area contributed by atoms with Gasteiger partial charge in [0.1, 0.15) is 17.5 Å². The van der Waals surface area contributed by atoms with Crippen LogP contribution in [0.2, 0.25) is 0 Å². The molecule has 112 valence electrons. The second kappa shape index (κ2) is 4.58. The van der Waals surface area contributed by atoms with Gasteiger partial charge in [-0.1, -0.05) is 41.5 Å². The zero-order valence-corrected chi connectivity index (χ0v) is 13.6. The van der Waals surface area contributed by atoms with E-state index in [9.17, 15) is 0 Å². The molecule has 1 saturated carbocycles. The fraction of sp³-hybridized carbons (Fsp3) is 0.733. The average Bonchev–Trinajstić information content (AvgIpc) is 2.73. The third kappa shape index (κ3) is 2.14. The highest BCUT2D eigenvalue weighted by Crippen LogP contribution is 2.63. The van der Waals surface area contributed by atoms with Gasteiger partial charge in [0.05, 0.1) is 0 Å². The summed E-state index contributed by atoms with van der Waals surface area (Å²) in [6.07, 6.45) is 0. The summed E-state index contributed by atoms with van der Waals surface area (Å²) in [6, 6.07) is 0.411. The van der Waals surface area contributed by atoms with Gasteiger partial charge in [-0.3, -0.25) is 0 Å². The Kier molecular flexibility index (Phi) is 3.45. The number of hydrazine groups is 1. The van der Waals surface area contributed by atoms with Crippen LogP contribution in [0.25, 0.3) is 0 Å². The number of aromatic nitrogens is 2. The molecular formula is C15H27N5. The molecule has 0 amide bonds. The molecule has 5 nitrogen and oxygen atoms in total. The lowest BCUT2D eigenvalue weighted by Gasteiger charge is -2.16. The van der Waals surface area contributed by atoms with Gasteiger partial charge in [0.25, 0.3) is 0 Å². The van der Waals surface area contributed by atoms with Crippen LogP contribution in [0.5, 0.6) is 0 Å². The first-order valence-electron chi connectivity index (χ1n) is 7.24. The highest BCUT2D eigenvalue weighted by Gasteiger charge is 2.65. The van der Waals surface area contributed by atoms with Crippen LogP contribution in [0.4, 0.5) is 11.6 Å². The zero-order chi connectivity index (χ0) is 15.3. The summed E-state index contributed by atoms with van der Waals surface area (Å²) < 4.78 is 0. The fourth-order valence-electron chi connectivity index (χ4n) is 2.77. The monoisotopic (exact) mass is 277 g/mol. The Balaban J connectivity index is 2.35. The predicted molar refractivity (Wildman–Crippen MR) is 83.6 cm³/mol. The van der Waals surface area contributed by atoms with Gasteiger partial charge < -0.3 is 10.7 Å². The summed E-state index contributed by atoms with van der Waals surface area (Å²) in [7, 11) is 0. The summed E-state index contributed by atoms with van der Waals surface area (Å²) in [6.45, 7) is 15.3. The van der Waals surface area contributed by atoms with Crippen molar-refractivity contribution in [1.82, 2.24) is 9.97 Å². The van der Waals surface area contributed by atoms with E-state index in [0.717, 1.165) is 17.2 Å². The van der Waals surface area contributed by atoms with E-state index < -0.39 is 0 Å². The Hall–Kier alpha value is -1.36. The minimum Gasteiger partial charge on any atom is -0.366 e. The molecule has 1 aromatic rings. The molecule has 0 spiro atoms. The molecule has 0 saturated heterocycles. The van der Waals surface area contributed by atoms with Gasteiger partial charge >= 0.3 is 0 Å². The van der Waals surface area contributed by atoms with Crippen LogP contribution >= 0.6 is 0 Å². The van der Waals surface area contributed by atoms with E-state index >= 15 is 0 Å². The molecular weight excluding hydrogens is 250 g/mol. The SMILES string of the molecule is Cc1c(NN)nc(C(C)C)nc1NC1C(C)(C)C1(C)C. The number of nitrogens with two attached hydrogens (primary N) is 1. The van der Waals surface area contributed by atoms with Crippen LogP contribution in [0.15, 0.2) is 0 Å². The van der Waals surface area contributed by atoms with Crippen LogP contribution in [-0.2, 0) is 0 Å². The second-order valence-electron chi connectivity index (χ2n) is 7.22. The number of anilines is 2. The molecule has 0 radical (unpaired) electrons. The van der Waals surface area contributed by atoms with Crippen molar-refractivity contribution >= 4 is 11.6 Å². The molecule has 0 atom stereocenters. The van der Waals surface area contributed by atoms with Crippen molar-refractivity contribution in [2.24, 2.45) is 16.7 Å². The first kappa shape index (κ1) is 15.0. The molecule has 1 fully saturated rings. The molecule has 5 heteroatoms. The maximum Gasteiger partial charge on any atom is 0.148 e. The largest absolute Gasteiger partial charge is 0.366 e. The molecule has 1 heterocycles. The van der Waals surface area contributed by atoms with E-state index in [1.54, 1.807) is 0 Å². The topological polar surface area (TPSA) is 75.9 Å². The van der Waals surface area contributed by atoms with Gasteiger partial charge in [-0.2, -0.15) is 0 Å². The number of hydrogen-bond acceptors (Lipinski definition) is 5. The van der Waals surface area contributed by atoms with Crippen molar-refractivity contribution < 1.29 is 0 Å². The fourth-order valence-corrected chi connectivity index (χ4v) is 2.77. The minimum absolute atomic E-state index is 0.263. The average molecular weight is 277 g/mol. The van der Waals surface area contributed by atoms with Crippen LogP contribution < -0.4 is 16.6 Å². The Morgan fingerprint density at radius 3 is 1.95 bits per heavy atom. The summed E-state index contributed by atoms with van der Waals surface area (Å²) >= 11 is 0. The molecule has 1 aliphatic carbocycles. The zero-order valence-electron chi connectivity index (χ0n) is 13.6. The van der Waals surface area contributed by atoms with E-state index in [0.29, 0.717) is 11.9 Å². The Morgan fingerprint density at radius 2 is 1.55 bits per heavy atom. The van der Waals surface area contributed by atoms with Crippen LogP contribution in [0, 0.1) is 17.8 Å². The number of rotatable bonds is 4. The molecule has 1 aliphatic rings. The van der Waals surface area contributed by atoms with Crippen molar-refractivity contribution in [1.29, 1.82) is 0 Å². The molecule has 0 bridgehead atoms. The highest BCUT2D eigenvalue weighted by molar-refractivity contribution is 5.58. The highest BCUT2D eigenvalue weighted by atomic mass is 15.3. The van der Waals surface area contributed by atoms with Crippen molar-refractivity contribution in [2.75, 3.05) is 10.7 Å². The summed E-state index contributed by atoms with van der Waals surface area (Å²) in [4.78, 5) is 9.14. The normalized spacial score (nSPS) is 20.1. The predicted octanol–water partition coefficient (Wildman–Crippen LogP) is 3.04. The molecule has 20 heavy (non-hydrogen) atoms. The Morgan fingerprint density at radius 1 is 1.05 bits per heavy atom. The third-order valence-corrected chi connectivity index (χ3v) is 5.12. The molecule has 2 rings (SSSR count). The lowest BCUT2D eigenvalue weighted by molar-refractivity contribution is 0.457. The second-order valence-corrected chi connectivity index (χ2v) is 7.22. The first-order chi connectivity index (χ1) is 9.12. The van der Waals surface area contributed by atoms with Crippen LogP contribution in [-0.4, -0.2) is 16.0 Å². The van der Waals surface area contributed by atoms with Gasteiger partial charge in [0.15, 0.2) is 0 Å². The van der Waals surface area contributed by atoms with Crippen molar-refractivity contribution in [3.05, 3.63) is 11.4 Å². The quantitative estimate of drug-likeness (QED) is 0.582. The lowest BCUT2D eigenvalue weighted by Crippen LogP contribution is -2.18. The number of nitrogens with zero attached hydrogens (tertiary/aromatic N) is 2. The van der Waals surface area contributed by atoms with Crippen LogP contribution in [0.1, 0.15) is 58.8 Å². The van der Waals surface area contributed by atoms with Crippen LogP contribution in [0.3, 0.4) is 0 Å².